The van der Waals surface area contributed by atoms with Gasteiger partial charge >= 0.3 is 0 Å². The van der Waals surface area contributed by atoms with Crippen LogP contribution in [0, 0.1) is 0 Å². The van der Waals surface area contributed by atoms with Gasteiger partial charge < -0.3 is 0 Å². The second-order valence-corrected chi connectivity index (χ2v) is 1.95. The van der Waals surface area contributed by atoms with Crippen LogP contribution < -0.4 is 0 Å². The number of nitrogens with zero attached hydrogens (tertiary/aromatic N) is 2. The summed E-state index contributed by atoms with van der Waals surface area (Å²) in [5, 5.41) is 0.500. The van der Waals surface area contributed by atoms with Gasteiger partial charge in [0.1, 0.15) is 0 Å². The summed E-state index contributed by atoms with van der Waals surface area (Å²) in [6, 6.07) is 0. The first-order valence-corrected chi connectivity index (χ1v) is 2.51. The third kappa shape index (κ3) is 711. The predicted molar refractivity (Wildman–Crippen MR) is 35.2 cm³/mol. The molecule has 0 N–H and O–H groups in total. The lowest BCUT2D eigenvalue weighted by Gasteiger charge is -1.83. The largest absolute Gasteiger partial charge is 0.255 e. The lowest BCUT2D eigenvalue weighted by molar-refractivity contribution is 0.0977. The third-order valence-electron chi connectivity index (χ3n) is 0. The molecule has 2 nitrogen and oxygen atoms in total. The number of hydrogen-bond acceptors (Lipinski definition) is 2. The van der Waals surface area contributed by atoms with Crippen molar-refractivity contribution in [2.75, 3.05) is 14.1 Å². The van der Waals surface area contributed by atoms with Crippen LogP contribution >= 0.6 is 18.4 Å². The van der Waals surface area contributed by atoms with Crippen LogP contribution in [0.25, 0.3) is 0 Å². The van der Waals surface area contributed by atoms with Crippen LogP contribution in [-0.4, -0.2) is 19.2 Å². The Hall–Kier alpha value is 0.420. The molecule has 0 aromatic heterocycles. The molecule has 1 unspecified atom stereocenters. The highest BCUT2D eigenvalue weighted by Crippen LogP contribution is 1.79. The summed E-state index contributed by atoms with van der Waals surface area (Å²) in [6.07, 6.45) is 0. The quantitative estimate of drug-likeness (QED) is 0.370. The average molecular weight is 142 g/mol. The lowest BCUT2D eigenvalue weighted by atomic mass is 11.3. The van der Waals surface area contributed by atoms with E-state index in [0.717, 1.165) is 0 Å². The van der Waals surface area contributed by atoms with Gasteiger partial charge in [-0.3, -0.25) is 4.52 Å². The smallest absolute Gasteiger partial charge is 0.0173 e. The molecular weight excluding hydrogens is 133 g/mol. The molecule has 0 radical (unpaired) electrons. The minimum atomic E-state index is 0.500. The Balaban J connectivity index is 0. The molecule has 0 heterocycles. The molecule has 0 bridgehead atoms. The average Bonchev–Trinajstić information content (AvgIpc) is 1.33. The molecule has 0 spiro atoms. The number of halogens is 1. The highest BCUT2D eigenvalue weighted by molar-refractivity contribution is 7.23. The topological polar surface area (TPSA) is 15.6 Å². The molecule has 0 rings (SSSR count). The molecule has 7 heavy (non-hydrogen) atoms. The van der Waals surface area contributed by atoms with E-state index in [1.807, 2.05) is 0 Å². The maximum Gasteiger partial charge on any atom is 0.0173 e. The summed E-state index contributed by atoms with van der Waals surface area (Å²) >= 11 is 0. The summed E-state index contributed by atoms with van der Waals surface area (Å²) in [5.41, 5.74) is 0. The van der Waals surface area contributed by atoms with Gasteiger partial charge in [-0.1, -0.05) is 0 Å². The summed E-state index contributed by atoms with van der Waals surface area (Å²) in [7, 11) is 7.56. The fourth-order valence-electron chi connectivity index (χ4n) is 0. The van der Waals surface area contributed by atoms with Crippen molar-refractivity contribution in [1.29, 1.82) is 0 Å². The second-order valence-electron chi connectivity index (χ2n) is 0.914. The summed E-state index contributed by atoms with van der Waals surface area (Å²) in [6.45, 7) is 0. The minimum absolute atomic E-state index is 0.500. The Kier molecular flexibility index (Phi) is 14.4. The van der Waals surface area contributed by atoms with Crippen LogP contribution in [0.1, 0.15) is 0 Å². The Morgan fingerprint density at radius 1 is 1.71 bits per heavy atom. The van der Waals surface area contributed by atoms with Gasteiger partial charge in [0.2, 0.25) is 0 Å². The van der Waals surface area contributed by atoms with Gasteiger partial charge in [-0.15, -0.1) is 4.48 Å². The predicted octanol–water partition coefficient (Wildman–Crippen LogP) is 1.54. The molecule has 0 aromatic rings. The minimum Gasteiger partial charge on any atom is -0.255 e. The van der Waals surface area contributed by atoms with Crippen molar-refractivity contribution in [1.82, 2.24) is 5.12 Å². The van der Waals surface area contributed by atoms with Crippen LogP contribution in [0.4, 0.5) is 4.48 Å². The van der Waals surface area contributed by atoms with Gasteiger partial charge in [0.05, 0.1) is 0 Å². The van der Waals surface area contributed by atoms with E-state index in [-0.39, 0.29) is 0 Å². The first-order valence-electron chi connectivity index (χ1n) is 1.55. The van der Waals surface area contributed by atoms with Crippen molar-refractivity contribution in [3.05, 3.63) is 0 Å². The Bertz CT molecular complexity index is 37.9. The molecule has 44 valence electrons. The molecule has 0 aliphatic heterocycles. The summed E-state index contributed by atoms with van der Waals surface area (Å²) in [4.78, 5) is 0. The van der Waals surface area contributed by atoms with E-state index in [0.29, 0.717) is 5.12 Å². The molecule has 0 aromatic carbocycles. The van der Waals surface area contributed by atoms with Gasteiger partial charge in [-0.2, -0.15) is 5.12 Å². The SMILES string of the molecule is CN(C)F.P=NP. The van der Waals surface area contributed by atoms with Crippen molar-refractivity contribution in [2.45, 2.75) is 0 Å². The van der Waals surface area contributed by atoms with Gasteiger partial charge in [0.25, 0.3) is 0 Å². The fourth-order valence-corrected chi connectivity index (χ4v) is 0. The maximum absolute atomic E-state index is 10.8. The highest BCUT2D eigenvalue weighted by atomic mass is 31.1. The first-order chi connectivity index (χ1) is 3.15. The van der Waals surface area contributed by atoms with Crippen LogP contribution in [0.3, 0.4) is 0 Å². The van der Waals surface area contributed by atoms with Crippen molar-refractivity contribution in [2.24, 2.45) is 4.52 Å². The van der Waals surface area contributed by atoms with Gasteiger partial charge in [-0.05, 0) is 18.4 Å². The van der Waals surface area contributed by atoms with Crippen LogP contribution in [-0.2, 0) is 0 Å². The van der Waals surface area contributed by atoms with E-state index in [1.165, 1.54) is 14.1 Å². The molecule has 0 fully saturated rings. The zero-order valence-corrected chi connectivity index (χ0v) is 6.50. The molecule has 1 atom stereocenters. The fraction of sp³-hybridized carbons (Fsp3) is 1.00. The molecular formula is C2H9FN2P2. The summed E-state index contributed by atoms with van der Waals surface area (Å²) in [5.74, 6) is 0. The first kappa shape index (κ1) is 10.4. The van der Waals surface area contributed by atoms with E-state index in [4.69, 9.17) is 0 Å². The maximum atomic E-state index is 10.8. The molecule has 0 saturated carbocycles. The lowest BCUT2D eigenvalue weighted by Crippen LogP contribution is -1.91. The Morgan fingerprint density at radius 2 is 1.71 bits per heavy atom. The monoisotopic (exact) mass is 142 g/mol. The van der Waals surface area contributed by atoms with Crippen molar-refractivity contribution in [3.63, 3.8) is 0 Å². The van der Waals surface area contributed by atoms with Gasteiger partial charge in [-0.25, -0.2) is 0 Å². The van der Waals surface area contributed by atoms with E-state index in [2.05, 4.69) is 22.9 Å². The van der Waals surface area contributed by atoms with Crippen LogP contribution in [0.2, 0.25) is 0 Å². The molecule has 0 amide bonds. The van der Waals surface area contributed by atoms with Gasteiger partial charge in [0, 0.05) is 14.1 Å². The van der Waals surface area contributed by atoms with Crippen LogP contribution in [0.15, 0.2) is 4.52 Å². The second kappa shape index (κ2) is 9.65. The van der Waals surface area contributed by atoms with Crippen molar-refractivity contribution < 1.29 is 4.48 Å². The Morgan fingerprint density at radius 3 is 1.71 bits per heavy atom. The van der Waals surface area contributed by atoms with E-state index in [1.54, 1.807) is 0 Å². The normalized spacial score (nSPS) is 7.00. The van der Waals surface area contributed by atoms with Crippen molar-refractivity contribution in [3.8, 4) is 0 Å². The summed E-state index contributed by atoms with van der Waals surface area (Å²) < 4.78 is 14.1. The number of rotatable bonds is 0. The standard InChI is InChI=1S/C2H6FN.H3NP2/c1-4(2)3;2-1-3/h1-2H3;2H,3H2. The zero-order chi connectivity index (χ0) is 6.28. The van der Waals surface area contributed by atoms with Gasteiger partial charge in [0.15, 0.2) is 0 Å². The molecule has 0 saturated heterocycles. The van der Waals surface area contributed by atoms with Crippen LogP contribution in [0.5, 0.6) is 0 Å². The van der Waals surface area contributed by atoms with E-state index < -0.39 is 0 Å². The zero-order valence-electron chi connectivity index (χ0n) is 4.35. The molecule has 5 heteroatoms. The number of hydrogen-bond donors (Lipinski definition) is 0. The molecule has 0 aliphatic rings. The van der Waals surface area contributed by atoms with E-state index in [9.17, 15) is 4.48 Å². The van der Waals surface area contributed by atoms with Crippen molar-refractivity contribution >= 4 is 18.4 Å². The molecule has 0 aliphatic carbocycles. The highest BCUT2D eigenvalue weighted by Gasteiger charge is 1.64. The third-order valence-corrected chi connectivity index (χ3v) is 0. The Labute approximate surface area is 47.6 Å². The van der Waals surface area contributed by atoms with E-state index >= 15 is 0 Å².